The van der Waals surface area contributed by atoms with Gasteiger partial charge >= 0.3 is 0 Å². The summed E-state index contributed by atoms with van der Waals surface area (Å²) in [7, 11) is 1.75. The molecule has 188 valence electrons. The lowest BCUT2D eigenvalue weighted by molar-refractivity contribution is 0.0746. The average Bonchev–Trinajstić information content (AvgIpc) is 3.26. The molecule has 0 spiro atoms. The Hall–Kier alpha value is -3.28. The molecule has 0 unspecified atom stereocenters. The number of nitrogens with two attached hydrogens (primary N) is 1. The van der Waals surface area contributed by atoms with Crippen LogP contribution in [0.15, 0.2) is 30.7 Å². The van der Waals surface area contributed by atoms with Crippen molar-refractivity contribution in [1.82, 2.24) is 24.5 Å². The van der Waals surface area contributed by atoms with Crippen LogP contribution in [-0.4, -0.2) is 75.0 Å². The number of nitrogens with one attached hydrogen (secondary N) is 1. The summed E-state index contributed by atoms with van der Waals surface area (Å²) in [4.78, 5) is 28.8. The summed E-state index contributed by atoms with van der Waals surface area (Å²) < 4.78 is 7.48. The fourth-order valence-electron chi connectivity index (χ4n) is 4.30. The lowest BCUT2D eigenvalue weighted by Crippen LogP contribution is -2.38. The quantitative estimate of drug-likeness (QED) is 0.239. The molecule has 4 heterocycles. The van der Waals surface area contributed by atoms with E-state index in [1.54, 1.807) is 25.6 Å². The molecule has 1 aliphatic heterocycles. The standard InChI is InChI=1S/C24H34N8O3/c1-16(2)31-15-19(23(34)32(25)9-4-12-33)18-14-27-22(13-20(18)31)28-21-5-8-26-24(29-21)30-10-6-17(35-3)7-11-30/h5,8,13-17,33H,4,6-7,9-12,25H2,1-3H3,(H,26,27,28,29). The van der Waals surface area contributed by atoms with Gasteiger partial charge in [0.25, 0.3) is 5.91 Å². The molecule has 35 heavy (non-hydrogen) atoms. The van der Waals surface area contributed by atoms with Crippen LogP contribution < -0.4 is 16.1 Å². The Balaban J connectivity index is 1.57. The smallest absolute Gasteiger partial charge is 0.269 e. The number of hydrogen-bond acceptors (Lipinski definition) is 9. The molecule has 1 fully saturated rings. The minimum Gasteiger partial charge on any atom is -0.396 e. The second kappa shape index (κ2) is 11.0. The lowest BCUT2D eigenvalue weighted by atomic mass is 10.1. The van der Waals surface area contributed by atoms with Crippen molar-refractivity contribution in [1.29, 1.82) is 0 Å². The maximum atomic E-state index is 12.9. The Morgan fingerprint density at radius 1 is 1.31 bits per heavy atom. The molecule has 1 saturated heterocycles. The van der Waals surface area contributed by atoms with E-state index >= 15 is 0 Å². The first-order chi connectivity index (χ1) is 16.9. The van der Waals surface area contributed by atoms with Gasteiger partial charge in [0.05, 0.1) is 17.2 Å². The Labute approximate surface area is 204 Å². The predicted molar refractivity (Wildman–Crippen MR) is 135 cm³/mol. The zero-order valence-electron chi connectivity index (χ0n) is 20.5. The van der Waals surface area contributed by atoms with Crippen LogP contribution in [0.4, 0.5) is 17.6 Å². The molecule has 0 aliphatic carbocycles. The van der Waals surface area contributed by atoms with Gasteiger partial charge in [-0.3, -0.25) is 9.80 Å². The fraction of sp³-hybridized carbons (Fsp3) is 0.500. The number of hydrazine groups is 1. The van der Waals surface area contributed by atoms with Crippen LogP contribution in [0.3, 0.4) is 0 Å². The number of pyridine rings is 1. The Bertz CT molecular complexity index is 1160. The van der Waals surface area contributed by atoms with E-state index in [1.807, 2.05) is 16.8 Å². The molecule has 0 aromatic carbocycles. The van der Waals surface area contributed by atoms with Gasteiger partial charge in [-0.25, -0.2) is 15.8 Å². The number of fused-ring (bicyclic) bond motifs is 1. The first-order valence-electron chi connectivity index (χ1n) is 12.0. The molecule has 4 N–H and O–H groups in total. The molecule has 0 saturated carbocycles. The van der Waals surface area contributed by atoms with E-state index in [1.165, 1.54) is 0 Å². The van der Waals surface area contributed by atoms with Crippen LogP contribution in [-0.2, 0) is 4.74 Å². The average molecular weight is 483 g/mol. The number of carbonyl (C=O) groups is 1. The van der Waals surface area contributed by atoms with Crippen molar-refractivity contribution < 1.29 is 14.6 Å². The Morgan fingerprint density at radius 2 is 2.09 bits per heavy atom. The molecule has 11 nitrogen and oxygen atoms in total. The molecule has 4 rings (SSSR count). The Morgan fingerprint density at radius 3 is 2.77 bits per heavy atom. The number of amides is 1. The van der Waals surface area contributed by atoms with Crippen molar-refractivity contribution in [2.75, 3.05) is 43.6 Å². The van der Waals surface area contributed by atoms with Gasteiger partial charge in [-0.1, -0.05) is 0 Å². The third-order valence-corrected chi connectivity index (χ3v) is 6.28. The van der Waals surface area contributed by atoms with Crippen LogP contribution in [0, 0.1) is 0 Å². The van der Waals surface area contributed by atoms with Gasteiger partial charge in [-0.15, -0.1) is 0 Å². The van der Waals surface area contributed by atoms with Gasteiger partial charge in [0.1, 0.15) is 11.6 Å². The minimum absolute atomic E-state index is 0.0263. The van der Waals surface area contributed by atoms with Gasteiger partial charge in [-0.2, -0.15) is 4.98 Å². The lowest BCUT2D eigenvalue weighted by Gasteiger charge is -2.31. The summed E-state index contributed by atoms with van der Waals surface area (Å²) >= 11 is 0. The zero-order valence-corrected chi connectivity index (χ0v) is 20.5. The van der Waals surface area contributed by atoms with Crippen molar-refractivity contribution in [3.63, 3.8) is 0 Å². The molecule has 0 radical (unpaired) electrons. The third-order valence-electron chi connectivity index (χ3n) is 6.28. The number of carbonyl (C=O) groups excluding carboxylic acids is 1. The topological polar surface area (TPSA) is 135 Å². The highest BCUT2D eigenvalue weighted by Crippen LogP contribution is 2.28. The number of aromatic nitrogens is 4. The first-order valence-corrected chi connectivity index (χ1v) is 12.0. The van der Waals surface area contributed by atoms with Gasteiger partial charge in [0.2, 0.25) is 5.95 Å². The highest BCUT2D eigenvalue weighted by Gasteiger charge is 2.22. The highest BCUT2D eigenvalue weighted by atomic mass is 16.5. The normalized spacial score (nSPS) is 14.6. The van der Waals surface area contributed by atoms with Crippen molar-refractivity contribution in [3.05, 3.63) is 36.3 Å². The largest absolute Gasteiger partial charge is 0.396 e. The van der Waals surface area contributed by atoms with E-state index < -0.39 is 0 Å². The number of aliphatic hydroxyl groups excluding tert-OH is 1. The maximum Gasteiger partial charge on any atom is 0.269 e. The molecule has 3 aromatic rings. The number of piperidine rings is 1. The molecule has 0 bridgehead atoms. The molecule has 3 aromatic heterocycles. The van der Waals surface area contributed by atoms with Crippen molar-refractivity contribution in [2.45, 2.75) is 45.3 Å². The summed E-state index contributed by atoms with van der Waals surface area (Å²) in [6.45, 7) is 6.05. The third kappa shape index (κ3) is 5.53. The van der Waals surface area contributed by atoms with E-state index in [-0.39, 0.29) is 25.1 Å². The summed E-state index contributed by atoms with van der Waals surface area (Å²) in [6.07, 6.45) is 7.84. The number of anilines is 3. The van der Waals surface area contributed by atoms with Crippen molar-refractivity contribution >= 4 is 34.4 Å². The number of hydrogen-bond donors (Lipinski definition) is 3. The molecule has 1 amide bonds. The van der Waals surface area contributed by atoms with E-state index in [4.69, 9.17) is 15.7 Å². The molecule has 1 aliphatic rings. The predicted octanol–water partition coefficient (Wildman–Crippen LogP) is 2.46. The first kappa shape index (κ1) is 24.8. The summed E-state index contributed by atoms with van der Waals surface area (Å²) in [5.41, 5.74) is 1.35. The number of aliphatic hydroxyl groups is 1. The van der Waals surface area contributed by atoms with Crippen LogP contribution in [0.2, 0.25) is 0 Å². The number of ether oxygens (including phenoxy) is 1. The Kier molecular flexibility index (Phi) is 7.79. The van der Waals surface area contributed by atoms with Crippen LogP contribution >= 0.6 is 0 Å². The number of nitrogens with zero attached hydrogens (tertiary/aromatic N) is 6. The molecular formula is C24H34N8O3. The fourth-order valence-corrected chi connectivity index (χ4v) is 4.30. The van der Waals surface area contributed by atoms with E-state index in [2.05, 4.69) is 39.0 Å². The number of rotatable bonds is 9. The molecule has 11 heteroatoms. The summed E-state index contributed by atoms with van der Waals surface area (Å²) in [5.74, 6) is 7.57. The zero-order chi connectivity index (χ0) is 24.9. The van der Waals surface area contributed by atoms with Crippen LogP contribution in [0.1, 0.15) is 49.5 Å². The highest BCUT2D eigenvalue weighted by molar-refractivity contribution is 6.07. The van der Waals surface area contributed by atoms with E-state index in [0.29, 0.717) is 35.7 Å². The molecule has 0 atom stereocenters. The minimum atomic E-state index is -0.303. The van der Waals surface area contributed by atoms with Gasteiger partial charge < -0.3 is 24.6 Å². The molecular weight excluding hydrogens is 448 g/mol. The second-order valence-electron chi connectivity index (χ2n) is 9.00. The second-order valence-corrected chi connectivity index (χ2v) is 9.00. The maximum absolute atomic E-state index is 12.9. The van der Waals surface area contributed by atoms with Crippen LogP contribution in [0.25, 0.3) is 10.9 Å². The van der Waals surface area contributed by atoms with Crippen molar-refractivity contribution in [2.24, 2.45) is 5.84 Å². The summed E-state index contributed by atoms with van der Waals surface area (Å²) in [5, 5.41) is 14.2. The SMILES string of the molecule is COC1CCN(c2nccc(Nc3cc4c(cn3)c(C(=O)N(N)CCCO)cn4C(C)C)n2)CC1. The summed E-state index contributed by atoms with van der Waals surface area (Å²) in [6, 6.07) is 3.84. The van der Waals surface area contributed by atoms with Gasteiger partial charge in [0, 0.05) is 69.4 Å². The van der Waals surface area contributed by atoms with Crippen molar-refractivity contribution in [3.8, 4) is 0 Å². The van der Waals surface area contributed by atoms with Crippen LogP contribution in [0.5, 0.6) is 0 Å². The van der Waals surface area contributed by atoms with E-state index in [9.17, 15) is 4.79 Å². The van der Waals surface area contributed by atoms with E-state index in [0.717, 1.165) is 41.8 Å². The van der Waals surface area contributed by atoms with Gasteiger partial charge in [-0.05, 0) is 39.2 Å². The monoisotopic (exact) mass is 482 g/mol. The van der Waals surface area contributed by atoms with Gasteiger partial charge in [0.15, 0.2) is 0 Å². The number of methoxy groups -OCH3 is 1.